The highest BCUT2D eigenvalue weighted by Gasteiger charge is 2.29. The van der Waals surface area contributed by atoms with Gasteiger partial charge in [-0.1, -0.05) is 18.2 Å². The fourth-order valence-corrected chi connectivity index (χ4v) is 2.48. The van der Waals surface area contributed by atoms with Crippen molar-refractivity contribution in [3.8, 4) is 0 Å². The van der Waals surface area contributed by atoms with E-state index in [9.17, 15) is 9.59 Å². The van der Waals surface area contributed by atoms with Crippen LogP contribution in [0.1, 0.15) is 37.1 Å². The van der Waals surface area contributed by atoms with E-state index in [0.29, 0.717) is 6.54 Å². The summed E-state index contributed by atoms with van der Waals surface area (Å²) in [5.41, 5.74) is 2.50. The van der Waals surface area contributed by atoms with E-state index in [1.54, 1.807) is 6.20 Å². The second-order valence-corrected chi connectivity index (χ2v) is 6.27. The predicted molar refractivity (Wildman–Crippen MR) is 95.8 cm³/mol. The summed E-state index contributed by atoms with van der Waals surface area (Å²) < 4.78 is 0. The Labute approximate surface area is 147 Å². The number of aromatic nitrogens is 1. The molecule has 1 heterocycles. The first-order chi connectivity index (χ1) is 12.1. The highest BCUT2D eigenvalue weighted by atomic mass is 16.2. The average molecular weight is 338 g/mol. The maximum atomic E-state index is 12.0. The molecule has 130 valence electrons. The second-order valence-electron chi connectivity index (χ2n) is 6.27. The van der Waals surface area contributed by atoms with Gasteiger partial charge in [0.2, 0.25) is 5.91 Å². The third-order valence-corrected chi connectivity index (χ3v) is 4.07. The van der Waals surface area contributed by atoms with Gasteiger partial charge in [-0.25, -0.2) is 4.79 Å². The third kappa shape index (κ3) is 5.04. The summed E-state index contributed by atoms with van der Waals surface area (Å²) in [5.74, 6) is 0.243. The first kappa shape index (κ1) is 17.0. The molecule has 0 unspecified atom stereocenters. The molecule has 1 aromatic carbocycles. The smallest absolute Gasteiger partial charge is 0.315 e. The number of rotatable bonds is 6. The molecule has 3 N–H and O–H groups in total. The highest BCUT2D eigenvalue weighted by molar-refractivity contribution is 5.94. The van der Waals surface area contributed by atoms with E-state index in [1.807, 2.05) is 49.4 Å². The predicted octanol–water partition coefficient (Wildman–Crippen LogP) is 2.99. The molecule has 1 aliphatic rings. The molecule has 1 fully saturated rings. The molecule has 3 rings (SSSR count). The highest BCUT2D eigenvalue weighted by Crippen LogP contribution is 2.30. The molecular formula is C19H22N4O2. The Bertz CT molecular complexity index is 744. The Kier molecular flexibility index (Phi) is 5.28. The maximum Gasteiger partial charge on any atom is 0.315 e. The van der Waals surface area contributed by atoms with Crippen LogP contribution < -0.4 is 16.0 Å². The molecule has 0 bridgehead atoms. The number of nitrogens with one attached hydrogen (secondary N) is 3. The Morgan fingerprint density at radius 3 is 2.76 bits per heavy atom. The number of carbonyl (C=O) groups is 2. The van der Waals surface area contributed by atoms with Crippen LogP contribution in [-0.2, 0) is 11.3 Å². The summed E-state index contributed by atoms with van der Waals surface area (Å²) in [6.45, 7) is 2.27. The zero-order valence-corrected chi connectivity index (χ0v) is 14.2. The number of hydrogen-bond acceptors (Lipinski definition) is 3. The van der Waals surface area contributed by atoms with Gasteiger partial charge in [-0.3, -0.25) is 9.78 Å². The van der Waals surface area contributed by atoms with Crippen LogP contribution in [-0.4, -0.2) is 16.9 Å². The lowest BCUT2D eigenvalue weighted by atomic mass is 10.2. The SMILES string of the molecule is C[C@H](NC(=O)NCc1cccc(NC(=O)C2CC2)c1)c1ccccn1. The van der Waals surface area contributed by atoms with Gasteiger partial charge >= 0.3 is 6.03 Å². The van der Waals surface area contributed by atoms with E-state index in [4.69, 9.17) is 0 Å². The third-order valence-electron chi connectivity index (χ3n) is 4.07. The van der Waals surface area contributed by atoms with Gasteiger partial charge in [0.15, 0.2) is 0 Å². The molecular weight excluding hydrogens is 316 g/mol. The fraction of sp³-hybridized carbons (Fsp3) is 0.316. The molecule has 0 spiro atoms. The molecule has 0 radical (unpaired) electrons. The van der Waals surface area contributed by atoms with Gasteiger partial charge in [0.25, 0.3) is 0 Å². The summed E-state index contributed by atoms with van der Waals surface area (Å²) in [4.78, 5) is 28.1. The first-order valence-electron chi connectivity index (χ1n) is 8.47. The summed E-state index contributed by atoms with van der Waals surface area (Å²) >= 11 is 0. The quantitative estimate of drug-likeness (QED) is 0.757. The van der Waals surface area contributed by atoms with Crippen molar-refractivity contribution < 1.29 is 9.59 Å². The lowest BCUT2D eigenvalue weighted by Crippen LogP contribution is -2.36. The molecule has 25 heavy (non-hydrogen) atoms. The number of hydrogen-bond donors (Lipinski definition) is 3. The van der Waals surface area contributed by atoms with Crippen molar-refractivity contribution in [1.82, 2.24) is 15.6 Å². The minimum atomic E-state index is -0.259. The van der Waals surface area contributed by atoms with Crippen molar-refractivity contribution in [3.05, 3.63) is 59.9 Å². The van der Waals surface area contributed by atoms with Crippen molar-refractivity contribution in [2.45, 2.75) is 32.4 Å². The zero-order valence-electron chi connectivity index (χ0n) is 14.2. The minimum absolute atomic E-state index is 0.0760. The largest absolute Gasteiger partial charge is 0.334 e. The number of urea groups is 1. The number of pyridine rings is 1. The van der Waals surface area contributed by atoms with E-state index < -0.39 is 0 Å². The molecule has 6 nitrogen and oxygen atoms in total. The molecule has 3 amide bonds. The van der Waals surface area contributed by atoms with Crippen LogP contribution in [0.5, 0.6) is 0 Å². The maximum absolute atomic E-state index is 12.0. The van der Waals surface area contributed by atoms with E-state index in [2.05, 4.69) is 20.9 Å². The van der Waals surface area contributed by atoms with Gasteiger partial charge in [0.1, 0.15) is 0 Å². The minimum Gasteiger partial charge on any atom is -0.334 e. The Morgan fingerprint density at radius 2 is 2.04 bits per heavy atom. The number of nitrogens with zero attached hydrogens (tertiary/aromatic N) is 1. The van der Waals surface area contributed by atoms with Crippen LogP contribution in [0.4, 0.5) is 10.5 Å². The molecule has 0 saturated heterocycles. The van der Waals surface area contributed by atoms with Crippen LogP contribution in [0.15, 0.2) is 48.7 Å². The normalized spacial score (nSPS) is 14.4. The first-order valence-corrected chi connectivity index (χ1v) is 8.47. The van der Waals surface area contributed by atoms with Crippen LogP contribution in [0.25, 0.3) is 0 Å². The standard InChI is InChI=1S/C19H22N4O2/c1-13(17-7-2-3-10-20-17)22-19(25)21-12-14-5-4-6-16(11-14)23-18(24)15-8-9-15/h2-7,10-11,13,15H,8-9,12H2,1H3,(H,23,24)(H2,21,22,25)/t13-/m0/s1. The molecule has 1 aliphatic carbocycles. The van der Waals surface area contributed by atoms with Crippen molar-refractivity contribution in [1.29, 1.82) is 0 Å². The van der Waals surface area contributed by atoms with E-state index >= 15 is 0 Å². The zero-order chi connectivity index (χ0) is 17.6. The van der Waals surface area contributed by atoms with Crippen molar-refractivity contribution >= 4 is 17.6 Å². The van der Waals surface area contributed by atoms with Gasteiger partial charge < -0.3 is 16.0 Å². The van der Waals surface area contributed by atoms with Crippen molar-refractivity contribution in [3.63, 3.8) is 0 Å². The van der Waals surface area contributed by atoms with E-state index in [0.717, 1.165) is 29.8 Å². The van der Waals surface area contributed by atoms with Gasteiger partial charge in [-0.15, -0.1) is 0 Å². The van der Waals surface area contributed by atoms with Crippen molar-refractivity contribution in [2.24, 2.45) is 5.92 Å². The number of benzene rings is 1. The summed E-state index contributed by atoms with van der Waals surface area (Å²) in [7, 11) is 0. The average Bonchev–Trinajstić information content (AvgIpc) is 3.46. The van der Waals surface area contributed by atoms with Crippen LogP contribution in [0, 0.1) is 5.92 Å². The summed E-state index contributed by atoms with van der Waals surface area (Å²) in [6.07, 6.45) is 3.65. The molecule has 1 saturated carbocycles. The van der Waals surface area contributed by atoms with Crippen LogP contribution >= 0.6 is 0 Å². The number of anilines is 1. The molecule has 2 aromatic rings. The second kappa shape index (κ2) is 7.79. The van der Waals surface area contributed by atoms with Crippen LogP contribution in [0.2, 0.25) is 0 Å². The Hall–Kier alpha value is -2.89. The lowest BCUT2D eigenvalue weighted by Gasteiger charge is -2.14. The van der Waals surface area contributed by atoms with Gasteiger partial charge in [0, 0.05) is 24.3 Å². The van der Waals surface area contributed by atoms with E-state index in [1.165, 1.54) is 0 Å². The van der Waals surface area contributed by atoms with Gasteiger partial charge in [-0.2, -0.15) is 0 Å². The van der Waals surface area contributed by atoms with Gasteiger partial charge in [-0.05, 0) is 49.6 Å². The monoisotopic (exact) mass is 338 g/mol. The fourth-order valence-electron chi connectivity index (χ4n) is 2.48. The molecule has 6 heteroatoms. The number of amides is 3. The molecule has 1 aromatic heterocycles. The molecule has 1 atom stereocenters. The van der Waals surface area contributed by atoms with Crippen LogP contribution in [0.3, 0.4) is 0 Å². The van der Waals surface area contributed by atoms with E-state index in [-0.39, 0.29) is 23.9 Å². The van der Waals surface area contributed by atoms with Crippen molar-refractivity contribution in [2.75, 3.05) is 5.32 Å². The number of carbonyl (C=O) groups excluding carboxylic acids is 2. The summed E-state index contributed by atoms with van der Waals surface area (Å²) in [5, 5.41) is 8.59. The Balaban J connectivity index is 1.49. The lowest BCUT2D eigenvalue weighted by molar-refractivity contribution is -0.117. The Morgan fingerprint density at radius 1 is 1.20 bits per heavy atom. The topological polar surface area (TPSA) is 83.1 Å². The summed E-state index contributed by atoms with van der Waals surface area (Å²) in [6, 6.07) is 12.7. The van der Waals surface area contributed by atoms with Gasteiger partial charge in [0.05, 0.1) is 11.7 Å². The molecule has 0 aliphatic heterocycles.